The molecule has 0 N–H and O–H groups in total. The van der Waals surface area contributed by atoms with Crippen molar-refractivity contribution < 1.29 is 18.0 Å². The molecule has 1 fully saturated rings. The Hall–Kier alpha value is -4.22. The summed E-state index contributed by atoms with van der Waals surface area (Å²) in [7, 11) is 0. The van der Waals surface area contributed by atoms with Gasteiger partial charge in [0.1, 0.15) is 34.6 Å². The molecule has 182 valence electrons. The summed E-state index contributed by atoms with van der Waals surface area (Å²) in [6, 6.07) is 18.2. The van der Waals surface area contributed by atoms with Crippen LogP contribution in [0.3, 0.4) is 0 Å². The van der Waals surface area contributed by atoms with Crippen molar-refractivity contribution in [1.82, 2.24) is 14.4 Å². The Kier molecular flexibility index (Phi) is 6.40. The molecule has 0 aliphatic carbocycles. The fraction of sp³-hybridized carbons (Fsp3) is 0.214. The number of piperazine rings is 1. The largest absolute Gasteiger partial charge is 0.443 e. The second kappa shape index (κ2) is 9.80. The number of aromatic nitrogens is 1. The molecule has 5 rings (SSSR count). The zero-order chi connectivity index (χ0) is 25.2. The number of hydrogen-bond acceptors (Lipinski definition) is 4. The quantitative estimate of drug-likeness (QED) is 0.395. The first kappa shape index (κ1) is 23.5. The van der Waals surface area contributed by atoms with E-state index in [0.29, 0.717) is 37.8 Å². The number of rotatable bonds is 5. The predicted octanol–water partition coefficient (Wildman–Crippen LogP) is 5.08. The van der Waals surface area contributed by atoms with E-state index in [9.17, 15) is 18.8 Å². The lowest BCUT2D eigenvalue weighted by molar-refractivity contribution is 0.0595. The molecule has 0 saturated carbocycles. The average Bonchev–Trinajstić information content (AvgIpc) is 3.54. The maximum Gasteiger partial charge on any atom is 0.258 e. The van der Waals surface area contributed by atoms with Gasteiger partial charge in [0.2, 0.25) is 5.88 Å². The molecule has 36 heavy (non-hydrogen) atoms. The fourth-order valence-electron chi connectivity index (χ4n) is 4.79. The summed E-state index contributed by atoms with van der Waals surface area (Å²) in [4.78, 5) is 17.4. The van der Waals surface area contributed by atoms with E-state index in [1.165, 1.54) is 24.3 Å². The lowest BCUT2D eigenvalue weighted by Crippen LogP contribution is -2.50. The third-order valence-corrected chi connectivity index (χ3v) is 6.57. The van der Waals surface area contributed by atoms with E-state index in [4.69, 9.17) is 4.42 Å². The van der Waals surface area contributed by atoms with Crippen molar-refractivity contribution in [3.05, 3.63) is 113 Å². The van der Waals surface area contributed by atoms with E-state index in [1.807, 2.05) is 12.1 Å². The van der Waals surface area contributed by atoms with Gasteiger partial charge in [-0.05, 0) is 54.4 Å². The second-order valence-corrected chi connectivity index (χ2v) is 8.75. The van der Waals surface area contributed by atoms with Gasteiger partial charge in [-0.25, -0.2) is 8.78 Å². The van der Waals surface area contributed by atoms with E-state index in [0.717, 1.165) is 11.1 Å². The van der Waals surface area contributed by atoms with Gasteiger partial charge in [-0.1, -0.05) is 24.3 Å². The number of hydrogen-bond donors (Lipinski definition) is 0. The summed E-state index contributed by atoms with van der Waals surface area (Å²) in [6.45, 7) is 3.66. The van der Waals surface area contributed by atoms with Gasteiger partial charge >= 0.3 is 0 Å². The minimum atomic E-state index is -0.324. The van der Waals surface area contributed by atoms with E-state index >= 15 is 0 Å². The van der Waals surface area contributed by atoms with Crippen LogP contribution in [-0.4, -0.2) is 46.5 Å². The van der Waals surface area contributed by atoms with Crippen molar-refractivity contribution in [1.29, 1.82) is 5.26 Å². The molecule has 0 atom stereocenters. The summed E-state index contributed by atoms with van der Waals surface area (Å²) in [6.07, 6.45) is 3.52. The molecule has 0 radical (unpaired) electrons. The molecule has 1 saturated heterocycles. The van der Waals surface area contributed by atoms with Crippen LogP contribution < -0.4 is 0 Å². The summed E-state index contributed by atoms with van der Waals surface area (Å²) < 4.78 is 34.7. The van der Waals surface area contributed by atoms with Crippen molar-refractivity contribution in [2.75, 3.05) is 26.2 Å². The number of amides is 1. The number of benzene rings is 2. The van der Waals surface area contributed by atoms with Crippen LogP contribution in [0.15, 0.2) is 77.5 Å². The summed E-state index contributed by atoms with van der Waals surface area (Å²) in [5, 5.41) is 9.81. The number of nitrogens with zero attached hydrogens (tertiary/aromatic N) is 4. The molecule has 4 aromatic rings. The predicted molar refractivity (Wildman–Crippen MR) is 130 cm³/mol. The molecular formula is C28H24F2N4O2. The summed E-state index contributed by atoms with van der Waals surface area (Å²) in [5.41, 5.74) is 2.27. The van der Waals surface area contributed by atoms with Crippen LogP contribution in [0, 0.1) is 29.9 Å². The maximum atomic E-state index is 13.6. The van der Waals surface area contributed by atoms with Crippen LogP contribution in [0.4, 0.5) is 8.78 Å². The van der Waals surface area contributed by atoms with Gasteiger partial charge < -0.3 is 9.32 Å². The smallest absolute Gasteiger partial charge is 0.258 e. The highest BCUT2D eigenvalue weighted by Crippen LogP contribution is 2.31. The zero-order valence-electron chi connectivity index (χ0n) is 19.7. The highest BCUT2D eigenvalue weighted by molar-refractivity contribution is 5.98. The molecule has 2 aromatic carbocycles. The lowest BCUT2D eigenvalue weighted by atomic mass is 9.96. The zero-order valence-corrected chi connectivity index (χ0v) is 19.7. The van der Waals surface area contributed by atoms with Crippen LogP contribution in [0.5, 0.6) is 0 Å². The SMILES string of the molecule is Cc1oc(-n2cccc2)c(C#N)c1C(=O)N1CCN(C(c2ccc(F)cc2)c2ccc(F)cc2)CC1. The maximum absolute atomic E-state index is 13.6. The highest BCUT2D eigenvalue weighted by Gasteiger charge is 2.32. The molecule has 0 unspecified atom stereocenters. The molecule has 3 heterocycles. The van der Waals surface area contributed by atoms with Gasteiger partial charge in [0.25, 0.3) is 5.91 Å². The van der Waals surface area contributed by atoms with Crippen LogP contribution >= 0.6 is 0 Å². The topological polar surface area (TPSA) is 65.4 Å². The van der Waals surface area contributed by atoms with Crippen molar-refractivity contribution in [2.24, 2.45) is 0 Å². The monoisotopic (exact) mass is 486 g/mol. The number of nitriles is 1. The number of carbonyl (C=O) groups excluding carboxylic acids is 1. The fourth-order valence-corrected chi connectivity index (χ4v) is 4.79. The van der Waals surface area contributed by atoms with Gasteiger partial charge in [-0.2, -0.15) is 5.26 Å². The Balaban J connectivity index is 1.38. The third kappa shape index (κ3) is 4.41. The van der Waals surface area contributed by atoms with E-state index < -0.39 is 0 Å². The molecule has 0 bridgehead atoms. The normalized spacial score (nSPS) is 14.2. The van der Waals surface area contributed by atoms with Crippen LogP contribution in [0.2, 0.25) is 0 Å². The Bertz CT molecular complexity index is 1350. The molecule has 0 spiro atoms. The molecule has 2 aromatic heterocycles. The second-order valence-electron chi connectivity index (χ2n) is 8.75. The standard InChI is InChI=1S/C28H24F2N4O2/c1-19-25(24(18-31)28(36-19)34-12-2-3-13-34)27(35)33-16-14-32(15-17-33)26(20-4-8-22(29)9-5-20)21-6-10-23(30)11-7-21/h2-13,26H,14-17H2,1H3. The van der Waals surface area contributed by atoms with E-state index in [2.05, 4.69) is 11.0 Å². The Morgan fingerprint density at radius 3 is 1.94 bits per heavy atom. The van der Waals surface area contributed by atoms with Crippen LogP contribution in [0.1, 0.15) is 38.9 Å². The number of carbonyl (C=O) groups is 1. The van der Waals surface area contributed by atoms with E-state index in [1.54, 1.807) is 53.0 Å². The number of halogens is 2. The Labute approximate surface area is 207 Å². The van der Waals surface area contributed by atoms with Gasteiger partial charge in [-0.15, -0.1) is 0 Å². The molecule has 8 heteroatoms. The van der Waals surface area contributed by atoms with Crippen LogP contribution in [0.25, 0.3) is 5.88 Å². The first-order valence-electron chi connectivity index (χ1n) is 11.7. The Morgan fingerprint density at radius 2 is 1.44 bits per heavy atom. The van der Waals surface area contributed by atoms with Crippen molar-refractivity contribution in [3.8, 4) is 12.0 Å². The summed E-state index contributed by atoms with van der Waals surface area (Å²) >= 11 is 0. The third-order valence-electron chi connectivity index (χ3n) is 6.57. The molecular weight excluding hydrogens is 462 g/mol. The van der Waals surface area contributed by atoms with Gasteiger partial charge in [0.15, 0.2) is 0 Å². The lowest BCUT2D eigenvalue weighted by Gasteiger charge is -2.39. The molecule has 1 amide bonds. The minimum Gasteiger partial charge on any atom is -0.443 e. The summed E-state index contributed by atoms with van der Waals surface area (Å²) in [5.74, 6) is -0.163. The molecule has 1 aliphatic heterocycles. The number of aryl methyl sites for hydroxylation is 1. The van der Waals surface area contributed by atoms with Crippen LogP contribution in [-0.2, 0) is 0 Å². The van der Waals surface area contributed by atoms with Gasteiger partial charge in [0, 0.05) is 38.6 Å². The highest BCUT2D eigenvalue weighted by atomic mass is 19.1. The van der Waals surface area contributed by atoms with Crippen molar-refractivity contribution in [3.63, 3.8) is 0 Å². The van der Waals surface area contributed by atoms with Gasteiger partial charge in [0.05, 0.1) is 6.04 Å². The molecule has 1 aliphatic rings. The minimum absolute atomic E-state index is 0.214. The Morgan fingerprint density at radius 1 is 0.917 bits per heavy atom. The van der Waals surface area contributed by atoms with Crippen molar-refractivity contribution >= 4 is 5.91 Å². The van der Waals surface area contributed by atoms with E-state index in [-0.39, 0.29) is 34.7 Å². The molecule has 6 nitrogen and oxygen atoms in total. The first-order chi connectivity index (χ1) is 17.5. The van der Waals surface area contributed by atoms with Gasteiger partial charge in [-0.3, -0.25) is 14.3 Å². The van der Waals surface area contributed by atoms with Crippen molar-refractivity contribution in [2.45, 2.75) is 13.0 Å². The number of furan rings is 1. The average molecular weight is 487 g/mol. The first-order valence-corrected chi connectivity index (χ1v) is 11.7.